The van der Waals surface area contributed by atoms with Gasteiger partial charge < -0.3 is 14.9 Å². The summed E-state index contributed by atoms with van der Waals surface area (Å²) < 4.78 is 31.8. The number of aliphatic hydroxyl groups is 1. The fourth-order valence-corrected chi connectivity index (χ4v) is 7.24. The number of carbonyl (C=O) groups excluding carboxylic acids is 1. The molecule has 2 aliphatic rings. The summed E-state index contributed by atoms with van der Waals surface area (Å²) in [6, 6.07) is 15.5. The number of carbonyl (C=O) groups is 1. The molecule has 7 rings (SSSR count). The molecular weight excluding hydrogens is 620 g/mol. The smallest absolute Gasteiger partial charge is 0.236 e. The summed E-state index contributed by atoms with van der Waals surface area (Å²) in [4.78, 5) is 28.4. The van der Waals surface area contributed by atoms with Crippen LogP contribution in [0.2, 0.25) is 0 Å². The minimum absolute atomic E-state index is 0.0580. The maximum atomic E-state index is 16.2. The molecule has 240 valence electrons. The summed E-state index contributed by atoms with van der Waals surface area (Å²) >= 11 is 1.11. The molecule has 5 aromatic rings. The summed E-state index contributed by atoms with van der Waals surface area (Å²) in [6.45, 7) is 7.98. The second kappa shape index (κ2) is 12.5. The molecule has 2 aliphatic heterocycles. The van der Waals surface area contributed by atoms with Gasteiger partial charge in [-0.3, -0.25) is 14.1 Å². The Balaban J connectivity index is 1.17. The molecule has 12 heteroatoms. The number of β-amino-alcohol motifs (C(OH)–C–C–N with tert-alkyl or cyclic N) is 1. The number of thiazole rings is 1. The lowest BCUT2D eigenvalue weighted by molar-refractivity contribution is -0.142. The number of nitriles is 1. The zero-order valence-corrected chi connectivity index (χ0v) is 26.9. The van der Waals surface area contributed by atoms with Gasteiger partial charge in [0.15, 0.2) is 0 Å². The summed E-state index contributed by atoms with van der Waals surface area (Å²) in [6.07, 6.45) is 2.32. The highest BCUT2D eigenvalue weighted by atomic mass is 32.1. The first-order valence-electron chi connectivity index (χ1n) is 15.6. The van der Waals surface area contributed by atoms with E-state index in [0.717, 1.165) is 65.8 Å². The van der Waals surface area contributed by atoms with Crippen LogP contribution in [0.3, 0.4) is 0 Å². The first-order chi connectivity index (χ1) is 22.7. The number of nitrogens with zero attached hydrogens (tertiary/aromatic N) is 7. The summed E-state index contributed by atoms with van der Waals surface area (Å²) in [5, 5.41) is 19.7. The maximum absolute atomic E-state index is 16.2. The van der Waals surface area contributed by atoms with Crippen LogP contribution in [-0.2, 0) is 11.2 Å². The van der Waals surface area contributed by atoms with Crippen LogP contribution in [0, 0.1) is 29.9 Å². The third kappa shape index (κ3) is 5.75. The van der Waals surface area contributed by atoms with Gasteiger partial charge in [-0.05, 0) is 61.4 Å². The number of fused-ring (bicyclic) bond motifs is 1. The van der Waals surface area contributed by atoms with Gasteiger partial charge in [-0.1, -0.05) is 13.0 Å². The van der Waals surface area contributed by atoms with Gasteiger partial charge in [-0.15, -0.1) is 11.3 Å². The molecule has 9 nitrogen and oxygen atoms in total. The molecule has 3 aromatic heterocycles. The average Bonchev–Trinajstić information content (AvgIpc) is 3.66. The number of likely N-dealkylation sites (tertiary alicyclic amines) is 1. The second-order valence-electron chi connectivity index (χ2n) is 12.0. The summed E-state index contributed by atoms with van der Waals surface area (Å²) in [5.41, 5.74) is 5.95. The van der Waals surface area contributed by atoms with Crippen molar-refractivity contribution in [3.63, 3.8) is 0 Å². The van der Waals surface area contributed by atoms with Crippen LogP contribution in [0.25, 0.3) is 38.7 Å². The first-order valence-corrected chi connectivity index (χ1v) is 16.5. The number of aliphatic hydroxyl groups excluding tert-OH is 1. The number of halogens is 2. The van der Waals surface area contributed by atoms with Crippen LogP contribution in [0.15, 0.2) is 54.7 Å². The number of rotatable bonds is 7. The van der Waals surface area contributed by atoms with E-state index in [4.69, 9.17) is 4.98 Å². The largest absolute Gasteiger partial charge is 0.389 e. The third-order valence-corrected chi connectivity index (χ3v) is 10.0. The maximum Gasteiger partial charge on any atom is 0.236 e. The predicted octanol–water partition coefficient (Wildman–Crippen LogP) is 5.14. The topological polar surface area (TPSA) is 101 Å². The molecule has 0 unspecified atom stereocenters. The van der Waals surface area contributed by atoms with Crippen molar-refractivity contribution in [2.75, 3.05) is 50.7 Å². The number of aromatic nitrogens is 3. The van der Waals surface area contributed by atoms with Gasteiger partial charge in [0.05, 0.1) is 35.4 Å². The zero-order chi connectivity index (χ0) is 32.8. The highest BCUT2D eigenvalue weighted by Crippen LogP contribution is 2.39. The van der Waals surface area contributed by atoms with Crippen molar-refractivity contribution in [1.82, 2.24) is 24.2 Å². The normalized spacial score (nSPS) is 15.7. The van der Waals surface area contributed by atoms with Crippen molar-refractivity contribution in [1.29, 1.82) is 5.26 Å². The number of anilines is 1. The van der Waals surface area contributed by atoms with Gasteiger partial charge in [-0.25, -0.2) is 18.7 Å². The van der Waals surface area contributed by atoms with E-state index >= 15 is 4.39 Å². The Morgan fingerprint density at radius 1 is 1.02 bits per heavy atom. The van der Waals surface area contributed by atoms with E-state index < -0.39 is 11.9 Å². The third-order valence-electron chi connectivity index (χ3n) is 9.04. The quantitative estimate of drug-likeness (QED) is 0.260. The van der Waals surface area contributed by atoms with Crippen molar-refractivity contribution in [3.05, 3.63) is 82.5 Å². The van der Waals surface area contributed by atoms with E-state index in [-0.39, 0.29) is 11.7 Å². The van der Waals surface area contributed by atoms with E-state index in [1.165, 1.54) is 12.1 Å². The Morgan fingerprint density at radius 3 is 2.43 bits per heavy atom. The van der Waals surface area contributed by atoms with Crippen molar-refractivity contribution < 1.29 is 18.7 Å². The Hall–Kier alpha value is -4.70. The summed E-state index contributed by atoms with van der Waals surface area (Å²) in [7, 11) is 0. The van der Waals surface area contributed by atoms with Crippen LogP contribution >= 0.6 is 11.3 Å². The molecule has 0 bridgehead atoms. The molecule has 0 spiro atoms. The fraction of sp³-hybridized carbons (Fsp3) is 0.314. The fourth-order valence-electron chi connectivity index (χ4n) is 6.34. The lowest BCUT2D eigenvalue weighted by atomic mass is 9.99. The number of aryl methyl sites for hydroxylation is 1. The van der Waals surface area contributed by atoms with Gasteiger partial charge in [0.1, 0.15) is 33.2 Å². The van der Waals surface area contributed by atoms with Gasteiger partial charge in [0.2, 0.25) is 5.91 Å². The average molecular weight is 654 g/mol. The van der Waals surface area contributed by atoms with Gasteiger partial charge in [0, 0.05) is 62.2 Å². The Labute approximate surface area is 274 Å². The number of amides is 1. The monoisotopic (exact) mass is 653 g/mol. The van der Waals surface area contributed by atoms with Gasteiger partial charge in [0.25, 0.3) is 0 Å². The molecule has 2 saturated heterocycles. The predicted molar refractivity (Wildman–Crippen MR) is 177 cm³/mol. The highest BCUT2D eigenvalue weighted by molar-refractivity contribution is 7.16. The zero-order valence-electron chi connectivity index (χ0n) is 26.1. The van der Waals surface area contributed by atoms with Gasteiger partial charge in [-0.2, -0.15) is 5.26 Å². The Morgan fingerprint density at radius 2 is 1.74 bits per heavy atom. The van der Waals surface area contributed by atoms with Crippen molar-refractivity contribution >= 4 is 28.6 Å². The molecule has 2 fully saturated rings. The van der Waals surface area contributed by atoms with Crippen molar-refractivity contribution in [2.45, 2.75) is 26.4 Å². The number of benzene rings is 2. The second-order valence-corrected chi connectivity index (χ2v) is 13.0. The van der Waals surface area contributed by atoms with Crippen LogP contribution in [-0.4, -0.2) is 87.1 Å². The van der Waals surface area contributed by atoms with Crippen LogP contribution in [0.1, 0.15) is 23.1 Å². The van der Waals surface area contributed by atoms with Crippen LogP contribution in [0.5, 0.6) is 0 Å². The van der Waals surface area contributed by atoms with E-state index in [1.807, 2.05) is 23.5 Å². The van der Waals surface area contributed by atoms with Crippen LogP contribution in [0.4, 0.5) is 14.5 Å². The highest BCUT2D eigenvalue weighted by Gasteiger charge is 2.30. The minimum Gasteiger partial charge on any atom is -0.389 e. The molecule has 1 amide bonds. The van der Waals surface area contributed by atoms with Crippen LogP contribution < -0.4 is 4.90 Å². The molecule has 0 radical (unpaired) electrons. The number of imidazole rings is 1. The molecular formula is C35H33F2N7O2S. The lowest BCUT2D eigenvalue weighted by Crippen LogP contribution is -2.57. The van der Waals surface area contributed by atoms with Crippen molar-refractivity contribution in [2.24, 2.45) is 0 Å². The summed E-state index contributed by atoms with van der Waals surface area (Å²) in [5.74, 6) is -0.748. The SMILES string of the molecule is CCc1nc2ccc(N3CCN(CC(=O)N4CC(O)C4)CC3)cn2c1-c1ccc(-c2nc(-c3ccc(F)cc3)c(C#N)s2)c(F)c1C. The van der Waals surface area contributed by atoms with Gasteiger partial charge >= 0.3 is 0 Å². The standard InChI is InChI=1S/C35H33F2N7O2S/c1-3-28-34(26-9-10-27(32(37)21(26)2)35-40-33(29(16-38)47-35)22-4-6-23(36)7-5-22)44-17-24(8-11-30(44)39-28)42-14-12-41(13-15-42)20-31(46)43-18-25(45)19-43/h4-11,17,25,45H,3,12-15,18-20H2,1-2H3. The number of hydrogen-bond acceptors (Lipinski definition) is 8. The number of hydrogen-bond donors (Lipinski definition) is 1. The minimum atomic E-state index is -0.419. The molecule has 2 aromatic carbocycles. The molecule has 1 N–H and O–H groups in total. The first kappa shape index (κ1) is 30.9. The van der Waals surface area contributed by atoms with Crippen molar-refractivity contribution in [3.8, 4) is 39.2 Å². The van der Waals surface area contributed by atoms with E-state index in [2.05, 4.69) is 33.1 Å². The molecule has 5 heterocycles. The molecule has 47 heavy (non-hydrogen) atoms. The number of pyridine rings is 1. The van der Waals surface area contributed by atoms with E-state index in [9.17, 15) is 19.6 Å². The Bertz CT molecular complexity index is 2020. The molecule has 0 atom stereocenters. The van der Waals surface area contributed by atoms with E-state index in [1.54, 1.807) is 30.0 Å². The molecule has 0 saturated carbocycles. The lowest BCUT2D eigenvalue weighted by Gasteiger charge is -2.39. The Kier molecular flexibility index (Phi) is 8.21. The number of piperazine rings is 1. The molecule has 0 aliphatic carbocycles. The van der Waals surface area contributed by atoms with E-state index in [0.29, 0.717) is 58.3 Å².